The van der Waals surface area contributed by atoms with Gasteiger partial charge < -0.3 is 10.1 Å². The molecule has 0 aliphatic rings. The van der Waals surface area contributed by atoms with Crippen molar-refractivity contribution in [1.29, 1.82) is 0 Å². The summed E-state index contributed by atoms with van der Waals surface area (Å²) in [6, 6.07) is 13.2. The number of hydrazine groups is 1. The standard InChI is InChI=1S/C23H29N3O4/c1-4-5-21(27)24-19-10-6-17(7-11-19)22(28)25-26-23(29)18-8-12-20(13-9-18)30-15-14-16(2)3/h6-13,16H,4-5,14-15H2,1-3H3,(H,24,27)(H,25,28)(H,26,29). The highest BCUT2D eigenvalue weighted by Crippen LogP contribution is 2.14. The summed E-state index contributed by atoms with van der Waals surface area (Å²) >= 11 is 0. The number of carbonyl (C=O) groups is 3. The first-order valence-electron chi connectivity index (χ1n) is 10.1. The van der Waals surface area contributed by atoms with Crippen LogP contribution in [0.3, 0.4) is 0 Å². The highest BCUT2D eigenvalue weighted by molar-refractivity contribution is 5.99. The van der Waals surface area contributed by atoms with E-state index in [1.165, 1.54) is 0 Å². The van der Waals surface area contributed by atoms with Gasteiger partial charge in [0.15, 0.2) is 0 Å². The summed E-state index contributed by atoms with van der Waals surface area (Å²) < 4.78 is 5.63. The van der Waals surface area contributed by atoms with Crippen molar-refractivity contribution in [3.05, 3.63) is 59.7 Å². The molecule has 0 saturated carbocycles. The van der Waals surface area contributed by atoms with Gasteiger partial charge in [-0.1, -0.05) is 20.8 Å². The van der Waals surface area contributed by atoms with E-state index in [4.69, 9.17) is 4.74 Å². The number of benzene rings is 2. The smallest absolute Gasteiger partial charge is 0.269 e. The Balaban J connectivity index is 1.82. The van der Waals surface area contributed by atoms with Crippen molar-refractivity contribution in [1.82, 2.24) is 10.9 Å². The molecule has 2 aromatic rings. The summed E-state index contributed by atoms with van der Waals surface area (Å²) in [6.07, 6.45) is 2.17. The highest BCUT2D eigenvalue weighted by Gasteiger charge is 2.10. The molecule has 3 amide bonds. The van der Waals surface area contributed by atoms with Crippen LogP contribution in [0.25, 0.3) is 0 Å². The van der Waals surface area contributed by atoms with Gasteiger partial charge in [0.1, 0.15) is 5.75 Å². The number of anilines is 1. The third kappa shape index (κ3) is 7.58. The molecular weight excluding hydrogens is 382 g/mol. The predicted molar refractivity (Wildman–Crippen MR) is 116 cm³/mol. The van der Waals surface area contributed by atoms with E-state index < -0.39 is 11.8 Å². The molecular formula is C23H29N3O4. The maximum absolute atomic E-state index is 12.2. The van der Waals surface area contributed by atoms with Gasteiger partial charge in [0.25, 0.3) is 11.8 Å². The summed E-state index contributed by atoms with van der Waals surface area (Å²) in [4.78, 5) is 36.0. The van der Waals surface area contributed by atoms with Gasteiger partial charge in [-0.2, -0.15) is 0 Å². The van der Waals surface area contributed by atoms with Crippen molar-refractivity contribution in [3.8, 4) is 5.75 Å². The lowest BCUT2D eigenvalue weighted by Gasteiger charge is -2.10. The lowest BCUT2D eigenvalue weighted by atomic mass is 10.1. The van der Waals surface area contributed by atoms with E-state index in [-0.39, 0.29) is 5.91 Å². The molecule has 0 unspecified atom stereocenters. The Hall–Kier alpha value is -3.35. The molecule has 2 aromatic carbocycles. The SMILES string of the molecule is CCCC(=O)Nc1ccc(C(=O)NNC(=O)c2ccc(OCCC(C)C)cc2)cc1. The first-order chi connectivity index (χ1) is 14.4. The molecule has 0 atom stereocenters. The number of hydrogen-bond acceptors (Lipinski definition) is 4. The number of hydrogen-bond donors (Lipinski definition) is 3. The van der Waals surface area contributed by atoms with Crippen LogP contribution in [0.15, 0.2) is 48.5 Å². The Morgan fingerprint density at radius 3 is 1.90 bits per heavy atom. The number of nitrogens with one attached hydrogen (secondary N) is 3. The van der Waals surface area contributed by atoms with E-state index in [1.807, 2.05) is 6.92 Å². The summed E-state index contributed by atoms with van der Waals surface area (Å²) in [5.74, 6) is 0.305. The van der Waals surface area contributed by atoms with Gasteiger partial charge in [-0.25, -0.2) is 0 Å². The second kappa shape index (κ2) is 11.6. The van der Waals surface area contributed by atoms with Crippen molar-refractivity contribution in [2.75, 3.05) is 11.9 Å². The molecule has 0 spiro atoms. The van der Waals surface area contributed by atoms with Crippen molar-refractivity contribution in [2.24, 2.45) is 5.92 Å². The van der Waals surface area contributed by atoms with Gasteiger partial charge in [0.2, 0.25) is 5.91 Å². The van der Waals surface area contributed by atoms with Crippen LogP contribution < -0.4 is 20.9 Å². The first-order valence-corrected chi connectivity index (χ1v) is 10.1. The van der Waals surface area contributed by atoms with Gasteiger partial charge in [-0.3, -0.25) is 25.2 Å². The zero-order chi connectivity index (χ0) is 21.9. The van der Waals surface area contributed by atoms with Crippen molar-refractivity contribution in [2.45, 2.75) is 40.0 Å². The molecule has 30 heavy (non-hydrogen) atoms. The Morgan fingerprint density at radius 1 is 0.867 bits per heavy atom. The van der Waals surface area contributed by atoms with Gasteiger partial charge in [-0.05, 0) is 67.3 Å². The quantitative estimate of drug-likeness (QED) is 0.545. The largest absolute Gasteiger partial charge is 0.494 e. The van der Waals surface area contributed by atoms with E-state index >= 15 is 0 Å². The molecule has 0 fully saturated rings. The minimum absolute atomic E-state index is 0.0710. The molecule has 0 bridgehead atoms. The summed E-state index contributed by atoms with van der Waals surface area (Å²) in [5, 5.41) is 2.75. The molecule has 7 nitrogen and oxygen atoms in total. The molecule has 2 rings (SSSR count). The van der Waals surface area contributed by atoms with E-state index in [2.05, 4.69) is 30.0 Å². The number of carbonyl (C=O) groups excluding carboxylic acids is 3. The van der Waals surface area contributed by atoms with E-state index in [0.29, 0.717) is 41.5 Å². The third-order valence-electron chi connectivity index (χ3n) is 4.28. The predicted octanol–water partition coefficient (Wildman–Crippen LogP) is 3.92. The number of rotatable bonds is 9. The Labute approximate surface area is 177 Å². The van der Waals surface area contributed by atoms with Crippen LogP contribution >= 0.6 is 0 Å². The fourth-order valence-corrected chi connectivity index (χ4v) is 2.53. The van der Waals surface area contributed by atoms with E-state index in [0.717, 1.165) is 12.8 Å². The normalized spacial score (nSPS) is 10.4. The molecule has 0 radical (unpaired) electrons. The minimum Gasteiger partial charge on any atom is -0.494 e. The Morgan fingerprint density at radius 2 is 1.40 bits per heavy atom. The molecule has 0 aliphatic carbocycles. The zero-order valence-electron chi connectivity index (χ0n) is 17.7. The fraction of sp³-hybridized carbons (Fsp3) is 0.348. The van der Waals surface area contributed by atoms with Crippen LogP contribution in [0.2, 0.25) is 0 Å². The van der Waals surface area contributed by atoms with Crippen molar-refractivity contribution >= 4 is 23.4 Å². The van der Waals surface area contributed by atoms with Crippen LogP contribution in [0, 0.1) is 5.92 Å². The second-order valence-corrected chi connectivity index (χ2v) is 7.34. The average molecular weight is 412 g/mol. The molecule has 0 aliphatic heterocycles. The van der Waals surface area contributed by atoms with E-state index in [1.54, 1.807) is 48.5 Å². The van der Waals surface area contributed by atoms with Crippen LogP contribution in [-0.4, -0.2) is 24.3 Å². The van der Waals surface area contributed by atoms with Gasteiger partial charge in [0.05, 0.1) is 6.61 Å². The lowest BCUT2D eigenvalue weighted by Crippen LogP contribution is -2.41. The van der Waals surface area contributed by atoms with Crippen LogP contribution in [0.1, 0.15) is 60.7 Å². The van der Waals surface area contributed by atoms with Gasteiger partial charge in [-0.15, -0.1) is 0 Å². The Bertz CT molecular complexity index is 846. The summed E-state index contributed by atoms with van der Waals surface area (Å²) in [6.45, 7) is 6.81. The number of ether oxygens (including phenoxy) is 1. The fourth-order valence-electron chi connectivity index (χ4n) is 2.53. The molecule has 3 N–H and O–H groups in total. The average Bonchev–Trinajstić information content (AvgIpc) is 2.72. The molecule has 0 saturated heterocycles. The maximum atomic E-state index is 12.2. The van der Waals surface area contributed by atoms with Crippen molar-refractivity contribution < 1.29 is 19.1 Å². The first kappa shape index (κ1) is 22.9. The molecule has 7 heteroatoms. The number of amides is 3. The molecule has 160 valence electrons. The minimum atomic E-state index is -0.455. The molecule has 0 heterocycles. The van der Waals surface area contributed by atoms with Gasteiger partial charge in [0, 0.05) is 23.2 Å². The van der Waals surface area contributed by atoms with E-state index in [9.17, 15) is 14.4 Å². The third-order valence-corrected chi connectivity index (χ3v) is 4.28. The van der Waals surface area contributed by atoms with Crippen molar-refractivity contribution in [3.63, 3.8) is 0 Å². The van der Waals surface area contributed by atoms with Crippen LogP contribution in [0.5, 0.6) is 5.75 Å². The summed E-state index contributed by atoms with van der Waals surface area (Å²) in [7, 11) is 0. The molecule has 0 aromatic heterocycles. The summed E-state index contributed by atoms with van der Waals surface area (Å²) in [5.41, 5.74) is 6.15. The Kier molecular flexibility index (Phi) is 8.87. The van der Waals surface area contributed by atoms with Crippen LogP contribution in [0.4, 0.5) is 5.69 Å². The van der Waals surface area contributed by atoms with Gasteiger partial charge >= 0.3 is 0 Å². The van der Waals surface area contributed by atoms with Crippen LogP contribution in [-0.2, 0) is 4.79 Å². The highest BCUT2D eigenvalue weighted by atomic mass is 16.5. The zero-order valence-corrected chi connectivity index (χ0v) is 17.7. The topological polar surface area (TPSA) is 96.5 Å². The monoisotopic (exact) mass is 411 g/mol. The maximum Gasteiger partial charge on any atom is 0.269 e. The lowest BCUT2D eigenvalue weighted by molar-refractivity contribution is -0.116. The second-order valence-electron chi connectivity index (χ2n) is 7.34.